The topological polar surface area (TPSA) is 248 Å². The Bertz CT molecular complexity index is 2680. The molecule has 6 amide bonds. The molecule has 2 aromatic carbocycles. The van der Waals surface area contributed by atoms with Crippen molar-refractivity contribution in [3.63, 3.8) is 0 Å². The number of thiazole rings is 1. The Morgan fingerprint density at radius 1 is 0.956 bits per heavy atom. The largest absolute Gasteiger partial charge is 0.382 e. The summed E-state index contributed by atoms with van der Waals surface area (Å²) in [4.78, 5) is 95.3. The van der Waals surface area contributed by atoms with Gasteiger partial charge in [-0.25, -0.2) is 19.6 Å². The van der Waals surface area contributed by atoms with Crippen LogP contribution in [0.1, 0.15) is 73.2 Å². The summed E-state index contributed by atoms with van der Waals surface area (Å²) in [7, 11) is 0. The Morgan fingerprint density at radius 2 is 1.75 bits per heavy atom. The molecule has 68 heavy (non-hydrogen) atoms. The highest BCUT2D eigenvalue weighted by Gasteiger charge is 2.45. The molecule has 356 valence electrons. The Labute approximate surface area is 399 Å². The van der Waals surface area contributed by atoms with Crippen molar-refractivity contribution in [2.45, 2.75) is 58.5 Å². The number of ether oxygens (including phenoxy) is 2. The van der Waals surface area contributed by atoms with Gasteiger partial charge in [-0.15, -0.1) is 5.10 Å². The average Bonchev–Trinajstić information content (AvgIpc) is 4.05. The van der Waals surface area contributed by atoms with Crippen LogP contribution in [0.3, 0.4) is 0 Å². The molecular weight excluding hydrogens is 918 g/mol. The third kappa shape index (κ3) is 11.4. The van der Waals surface area contributed by atoms with Gasteiger partial charge in [-0.1, -0.05) is 46.4 Å². The van der Waals surface area contributed by atoms with E-state index in [0.29, 0.717) is 123 Å². The van der Waals surface area contributed by atoms with Crippen LogP contribution in [0.5, 0.6) is 0 Å². The molecule has 3 aliphatic heterocycles. The molecule has 2 fully saturated rings. The van der Waals surface area contributed by atoms with Gasteiger partial charge in [0.1, 0.15) is 28.4 Å². The number of carbonyl (C=O) groups is 6. The van der Waals surface area contributed by atoms with E-state index in [1.807, 2.05) is 43.1 Å². The van der Waals surface area contributed by atoms with Crippen LogP contribution in [0.2, 0.25) is 5.02 Å². The second kappa shape index (κ2) is 21.8. The third-order valence-electron chi connectivity index (χ3n) is 11.5. The number of benzene rings is 2. The van der Waals surface area contributed by atoms with E-state index in [1.54, 1.807) is 28.9 Å². The number of carbonyl (C=O) groups excluding carboxylic acids is 6. The third-order valence-corrected chi connectivity index (χ3v) is 12.7. The zero-order chi connectivity index (χ0) is 47.7. The van der Waals surface area contributed by atoms with E-state index in [-0.39, 0.29) is 35.8 Å². The molecule has 21 nitrogen and oxygen atoms in total. The van der Waals surface area contributed by atoms with E-state index in [1.165, 1.54) is 17.5 Å². The lowest BCUT2D eigenvalue weighted by atomic mass is 10.0. The average molecular weight is 968 g/mol. The summed E-state index contributed by atoms with van der Waals surface area (Å²) in [6.45, 7) is 8.31. The van der Waals surface area contributed by atoms with Gasteiger partial charge in [0.2, 0.25) is 17.7 Å². The van der Waals surface area contributed by atoms with Gasteiger partial charge in [0.25, 0.3) is 17.7 Å². The van der Waals surface area contributed by atoms with Crippen LogP contribution in [0.25, 0.3) is 0 Å². The van der Waals surface area contributed by atoms with Gasteiger partial charge in [-0.2, -0.15) is 0 Å². The maximum atomic E-state index is 13.3. The van der Waals surface area contributed by atoms with Crippen molar-refractivity contribution in [3.05, 3.63) is 93.0 Å². The highest BCUT2D eigenvalue weighted by Crippen LogP contribution is 2.33. The monoisotopic (exact) mass is 967 g/mol. The minimum atomic E-state index is -1.03. The summed E-state index contributed by atoms with van der Waals surface area (Å²) in [5.74, 6) is -0.581. The van der Waals surface area contributed by atoms with E-state index in [4.69, 9.17) is 21.1 Å². The molecule has 0 saturated carbocycles. The molecule has 4 N–H and O–H groups in total. The number of nitrogens with zero attached hydrogens (tertiary/aromatic N) is 9. The number of para-hydroxylation sites is 1. The molecule has 1 unspecified atom stereocenters. The molecule has 0 radical (unpaired) electrons. The van der Waals surface area contributed by atoms with E-state index in [0.717, 1.165) is 22.0 Å². The van der Waals surface area contributed by atoms with Crippen molar-refractivity contribution < 1.29 is 38.2 Å². The number of piperazine rings is 1. The first-order valence-corrected chi connectivity index (χ1v) is 23.4. The lowest BCUT2D eigenvalue weighted by Crippen LogP contribution is -2.54. The van der Waals surface area contributed by atoms with Gasteiger partial charge >= 0.3 is 0 Å². The lowest BCUT2D eigenvalue weighted by Gasteiger charge is -2.35. The van der Waals surface area contributed by atoms with Crippen molar-refractivity contribution in [2.24, 2.45) is 0 Å². The highest BCUT2D eigenvalue weighted by molar-refractivity contribution is 7.17. The molecule has 6 heterocycles. The standard InChI is InChI=1S/C45H50ClN13O8S/c1-27-6-3-9-31(46)40(27)53-42(63)34-25-48-45(68-34)51-35-24-36(50-28(2)49-35)56-15-17-57(18-16-56)38(61)11-4-7-29-26-58(55-54-29)19-21-67-23-22-66-20-14-47-32-10-5-8-30-39(32)44(65)59(43(30)64)33-12-13-37(60)52-41(33)62/h3,5-6,8-10,24-26,33,47H,4,7,11-23H2,1-2H3,(H,53,63)(H,52,60,62)(H,48,49,50,51). The van der Waals surface area contributed by atoms with Crippen LogP contribution in [-0.4, -0.2) is 140 Å². The van der Waals surface area contributed by atoms with Crippen LogP contribution in [0.4, 0.5) is 28.1 Å². The zero-order valence-electron chi connectivity index (χ0n) is 37.5. The quantitative estimate of drug-likeness (QED) is 0.0636. The summed E-state index contributed by atoms with van der Waals surface area (Å²) in [6.07, 6.45) is 5.16. The second-order valence-corrected chi connectivity index (χ2v) is 17.7. The van der Waals surface area contributed by atoms with Crippen LogP contribution in [0.15, 0.2) is 54.9 Å². The first-order valence-electron chi connectivity index (χ1n) is 22.2. The van der Waals surface area contributed by atoms with E-state index < -0.39 is 29.7 Å². The number of fused-ring (bicyclic) bond motifs is 1. The molecule has 3 aromatic heterocycles. The number of hydrogen-bond acceptors (Lipinski definition) is 17. The Morgan fingerprint density at radius 3 is 2.54 bits per heavy atom. The van der Waals surface area contributed by atoms with Crippen LogP contribution in [-0.2, 0) is 36.8 Å². The van der Waals surface area contributed by atoms with Gasteiger partial charge in [0, 0.05) is 63.5 Å². The number of piperidine rings is 1. The Kier molecular flexibility index (Phi) is 15.3. The second-order valence-electron chi connectivity index (χ2n) is 16.2. The predicted molar refractivity (Wildman–Crippen MR) is 251 cm³/mol. The molecular formula is C45H50ClN13O8S. The number of halogens is 1. The van der Waals surface area contributed by atoms with Crippen molar-refractivity contribution in [1.82, 2.24) is 45.1 Å². The SMILES string of the molecule is Cc1nc(Nc2ncc(C(=O)Nc3c(C)cccc3Cl)s2)cc(N2CCN(C(=O)CCCc3cn(CCOCCOCCNc4cccc5c4C(=O)N(C4CCC(=O)NC4=O)C5=O)nn3)CC2)n1. The van der Waals surface area contributed by atoms with Gasteiger partial charge in [0.15, 0.2) is 5.13 Å². The van der Waals surface area contributed by atoms with Gasteiger partial charge < -0.3 is 35.2 Å². The zero-order valence-corrected chi connectivity index (χ0v) is 39.0. The fourth-order valence-electron chi connectivity index (χ4n) is 8.02. The number of imide groups is 2. The first-order chi connectivity index (χ1) is 32.9. The van der Waals surface area contributed by atoms with Crippen molar-refractivity contribution in [1.29, 1.82) is 0 Å². The van der Waals surface area contributed by atoms with Crippen LogP contribution in [0, 0.1) is 13.8 Å². The smallest absolute Gasteiger partial charge is 0.267 e. The molecule has 8 rings (SSSR count). The molecule has 23 heteroatoms. The fraction of sp³-hybridized carbons (Fsp3) is 0.400. The summed E-state index contributed by atoms with van der Waals surface area (Å²) in [5, 5.41) is 20.8. The minimum absolute atomic E-state index is 0.0523. The molecule has 1 atom stereocenters. The first kappa shape index (κ1) is 47.6. The normalized spacial score (nSPS) is 16.0. The molecule has 2 saturated heterocycles. The lowest BCUT2D eigenvalue weighted by molar-refractivity contribution is -0.136. The summed E-state index contributed by atoms with van der Waals surface area (Å²) in [6, 6.07) is 11.1. The highest BCUT2D eigenvalue weighted by atomic mass is 35.5. The Balaban J connectivity index is 0.685. The van der Waals surface area contributed by atoms with Gasteiger partial charge in [-0.05, 0) is 56.9 Å². The summed E-state index contributed by atoms with van der Waals surface area (Å²) in [5.41, 5.74) is 3.08. The number of nitrogens with one attached hydrogen (secondary N) is 4. The van der Waals surface area contributed by atoms with E-state index >= 15 is 0 Å². The number of rotatable bonds is 20. The van der Waals surface area contributed by atoms with Crippen molar-refractivity contribution in [2.75, 3.05) is 80.0 Å². The maximum absolute atomic E-state index is 13.3. The number of hydrogen-bond donors (Lipinski definition) is 4. The van der Waals surface area contributed by atoms with E-state index in [2.05, 4.69) is 51.4 Å². The molecule has 0 bridgehead atoms. The van der Waals surface area contributed by atoms with Crippen LogP contribution < -0.4 is 26.2 Å². The van der Waals surface area contributed by atoms with Gasteiger partial charge in [-0.3, -0.25) is 39.0 Å². The number of anilines is 5. The summed E-state index contributed by atoms with van der Waals surface area (Å²) < 4.78 is 13.1. The molecule has 0 aliphatic carbocycles. The van der Waals surface area contributed by atoms with Crippen LogP contribution >= 0.6 is 22.9 Å². The van der Waals surface area contributed by atoms with E-state index in [9.17, 15) is 28.8 Å². The number of amides is 6. The predicted octanol–water partition coefficient (Wildman–Crippen LogP) is 4.01. The van der Waals surface area contributed by atoms with Crippen molar-refractivity contribution >= 4 is 86.5 Å². The number of aromatic nitrogens is 6. The van der Waals surface area contributed by atoms with Crippen molar-refractivity contribution in [3.8, 4) is 0 Å². The number of aryl methyl sites for hydroxylation is 3. The maximum Gasteiger partial charge on any atom is 0.267 e. The molecule has 3 aliphatic rings. The molecule has 0 spiro atoms. The minimum Gasteiger partial charge on any atom is -0.382 e. The molecule has 5 aromatic rings. The summed E-state index contributed by atoms with van der Waals surface area (Å²) >= 11 is 7.49. The Hall–Kier alpha value is -6.88. The fourth-order valence-corrected chi connectivity index (χ4v) is 9.00. The van der Waals surface area contributed by atoms with Gasteiger partial charge in [0.05, 0.1) is 66.7 Å².